The summed E-state index contributed by atoms with van der Waals surface area (Å²) < 4.78 is 24.3. The van der Waals surface area contributed by atoms with Gasteiger partial charge in [-0.3, -0.25) is 0 Å². The minimum atomic E-state index is 0.739. The lowest BCUT2D eigenvalue weighted by Gasteiger charge is -2.24. The summed E-state index contributed by atoms with van der Waals surface area (Å²) in [5, 5.41) is 18.0. The lowest BCUT2D eigenvalue weighted by atomic mass is 9.80. The van der Waals surface area contributed by atoms with Gasteiger partial charge in [-0.15, -0.1) is 0 Å². The molecule has 0 unspecified atom stereocenters. The molecule has 0 aliphatic carbocycles. The van der Waals surface area contributed by atoms with E-state index in [0.717, 1.165) is 123 Å². The Morgan fingerprint density at radius 2 is 0.613 bits per heavy atom. The van der Waals surface area contributed by atoms with E-state index in [-0.39, 0.29) is 0 Å². The van der Waals surface area contributed by atoms with Gasteiger partial charge in [0.15, 0.2) is 0 Å². The zero-order valence-corrected chi connectivity index (χ0v) is 44.9. The second-order valence-corrected chi connectivity index (χ2v) is 20.2. The van der Waals surface area contributed by atoms with Crippen molar-refractivity contribution in [2.45, 2.75) is 119 Å². The highest BCUT2D eigenvalue weighted by molar-refractivity contribution is 5.97. The summed E-state index contributed by atoms with van der Waals surface area (Å²) in [4.78, 5) is 0. The normalized spacial score (nSPS) is 11.6. The molecule has 3 aromatic heterocycles. The minimum absolute atomic E-state index is 0.739. The van der Waals surface area contributed by atoms with Gasteiger partial charge in [-0.25, -0.2) is 14.0 Å². The first kappa shape index (κ1) is 50.9. The van der Waals surface area contributed by atoms with Gasteiger partial charge in [-0.1, -0.05) is 96.8 Å². The van der Waals surface area contributed by atoms with Crippen molar-refractivity contribution in [2.24, 2.45) is 0 Å². The van der Waals surface area contributed by atoms with Crippen molar-refractivity contribution in [2.75, 3.05) is 19.8 Å². The average molecular weight is 997 g/mol. The van der Waals surface area contributed by atoms with Gasteiger partial charge in [-0.2, -0.15) is 15.3 Å². The Kier molecular flexibility index (Phi) is 16.1. The predicted molar refractivity (Wildman–Crippen MR) is 310 cm³/mol. The fourth-order valence-corrected chi connectivity index (χ4v) is 10.9. The van der Waals surface area contributed by atoms with Gasteiger partial charge < -0.3 is 14.2 Å². The molecule has 9 heteroatoms. The maximum absolute atomic E-state index is 6.07. The zero-order chi connectivity index (χ0) is 51.7. The molecular formula is C66H72N6O3. The molecule has 3 heterocycles. The van der Waals surface area contributed by atoms with E-state index in [2.05, 4.69) is 169 Å². The number of fused-ring (bicyclic) bond motifs is 3. The second kappa shape index (κ2) is 23.7. The first-order valence-corrected chi connectivity index (χ1v) is 27.6. The van der Waals surface area contributed by atoms with Crippen LogP contribution in [0.15, 0.2) is 146 Å². The van der Waals surface area contributed by atoms with Crippen molar-refractivity contribution >= 4 is 32.7 Å². The number of aromatic nitrogens is 6. The minimum Gasteiger partial charge on any atom is -0.494 e. The molecule has 0 spiro atoms. The molecule has 10 rings (SSSR count). The number of benzene rings is 7. The molecule has 0 aliphatic rings. The van der Waals surface area contributed by atoms with Gasteiger partial charge in [0.05, 0.1) is 72.0 Å². The lowest BCUT2D eigenvalue weighted by molar-refractivity contribution is 0.305. The molecule has 0 amide bonds. The van der Waals surface area contributed by atoms with Crippen LogP contribution in [-0.4, -0.2) is 49.2 Å². The Bertz CT molecular complexity index is 3120. The summed E-state index contributed by atoms with van der Waals surface area (Å²) in [6, 6.07) is 45.2. The van der Waals surface area contributed by atoms with Crippen LogP contribution in [0, 0.1) is 20.8 Å². The van der Waals surface area contributed by atoms with E-state index in [1.165, 1.54) is 91.2 Å². The van der Waals surface area contributed by atoms with Gasteiger partial charge in [0, 0.05) is 16.2 Å². The van der Waals surface area contributed by atoms with E-state index in [0.29, 0.717) is 0 Å². The van der Waals surface area contributed by atoms with Crippen LogP contribution in [-0.2, 0) is 0 Å². The van der Waals surface area contributed by atoms with Crippen molar-refractivity contribution in [1.82, 2.24) is 29.3 Å². The lowest BCUT2D eigenvalue weighted by Crippen LogP contribution is -2.01. The molecule has 9 nitrogen and oxygen atoms in total. The van der Waals surface area contributed by atoms with Crippen LogP contribution in [0.3, 0.4) is 0 Å². The first-order valence-electron chi connectivity index (χ1n) is 27.6. The van der Waals surface area contributed by atoms with Crippen molar-refractivity contribution < 1.29 is 14.2 Å². The topological polar surface area (TPSA) is 81.1 Å². The standard InChI is InChI=1S/C66H72N6O3/c1-7-10-13-16-37-73-58-28-22-55(23-29-58)70-61-34-19-49(40-52(61)43-67-70)64-46(4)65(50-20-35-62-53(41-50)44-68-71(62)56-24-30-59(31-25-56)74-38-17-14-11-8-2)48(6)66(47(64)5)51-21-36-63-54(42-51)45-69-72(63)57-26-32-60(33-27-57)75-39-18-15-12-9-3/h19-36,40-45H,7-18,37-39H2,1-6H3. The highest BCUT2D eigenvalue weighted by Gasteiger charge is 2.23. The van der Waals surface area contributed by atoms with Crippen LogP contribution in [0.25, 0.3) is 83.2 Å². The van der Waals surface area contributed by atoms with E-state index < -0.39 is 0 Å². The Hall–Kier alpha value is -7.65. The highest BCUT2D eigenvalue weighted by Crippen LogP contribution is 2.45. The number of hydrogen-bond donors (Lipinski definition) is 0. The molecule has 384 valence electrons. The van der Waals surface area contributed by atoms with Crippen molar-refractivity contribution in [3.05, 3.63) is 163 Å². The molecule has 0 saturated heterocycles. The van der Waals surface area contributed by atoms with E-state index >= 15 is 0 Å². The van der Waals surface area contributed by atoms with Crippen LogP contribution in [0.5, 0.6) is 17.2 Å². The quantitative estimate of drug-likeness (QED) is 0.0561. The number of rotatable bonds is 24. The summed E-state index contributed by atoms with van der Waals surface area (Å²) in [6.45, 7) is 15.8. The van der Waals surface area contributed by atoms with E-state index in [1.54, 1.807) is 0 Å². The smallest absolute Gasteiger partial charge is 0.119 e. The summed E-state index contributed by atoms with van der Waals surface area (Å²) in [7, 11) is 0. The number of ether oxygens (including phenoxy) is 3. The molecule has 0 fully saturated rings. The molecule has 0 N–H and O–H groups in total. The molecule has 7 aromatic carbocycles. The molecule has 10 aromatic rings. The molecule has 0 radical (unpaired) electrons. The fourth-order valence-electron chi connectivity index (χ4n) is 10.9. The summed E-state index contributed by atoms with van der Waals surface area (Å²) in [6.07, 6.45) is 20.2. The monoisotopic (exact) mass is 997 g/mol. The maximum atomic E-state index is 6.07. The maximum Gasteiger partial charge on any atom is 0.119 e. The Balaban J connectivity index is 1.00. The van der Waals surface area contributed by atoms with Crippen LogP contribution in [0.4, 0.5) is 0 Å². The third-order valence-electron chi connectivity index (χ3n) is 14.9. The molecule has 0 atom stereocenters. The molecule has 0 bridgehead atoms. The third-order valence-corrected chi connectivity index (χ3v) is 14.9. The Morgan fingerprint density at radius 1 is 0.333 bits per heavy atom. The molecular weight excluding hydrogens is 925 g/mol. The van der Waals surface area contributed by atoms with Crippen LogP contribution < -0.4 is 14.2 Å². The van der Waals surface area contributed by atoms with Gasteiger partial charge in [0.2, 0.25) is 0 Å². The van der Waals surface area contributed by atoms with E-state index in [4.69, 9.17) is 29.5 Å². The molecule has 0 saturated carbocycles. The van der Waals surface area contributed by atoms with Gasteiger partial charge in [0.25, 0.3) is 0 Å². The van der Waals surface area contributed by atoms with Gasteiger partial charge in [-0.05, 0) is 199 Å². The third kappa shape index (κ3) is 11.1. The van der Waals surface area contributed by atoms with Crippen molar-refractivity contribution in [3.8, 4) is 67.7 Å². The van der Waals surface area contributed by atoms with Crippen molar-refractivity contribution in [1.29, 1.82) is 0 Å². The van der Waals surface area contributed by atoms with E-state index in [9.17, 15) is 0 Å². The largest absolute Gasteiger partial charge is 0.494 e. The Labute approximate surface area is 443 Å². The van der Waals surface area contributed by atoms with Crippen molar-refractivity contribution in [3.63, 3.8) is 0 Å². The van der Waals surface area contributed by atoms with Crippen LogP contribution in [0.1, 0.15) is 115 Å². The summed E-state index contributed by atoms with van der Waals surface area (Å²) >= 11 is 0. The summed E-state index contributed by atoms with van der Waals surface area (Å²) in [5.41, 5.74) is 16.9. The fraction of sp³-hybridized carbons (Fsp3) is 0.318. The number of hydrogen-bond acceptors (Lipinski definition) is 6. The highest BCUT2D eigenvalue weighted by atomic mass is 16.5. The average Bonchev–Trinajstić information content (AvgIpc) is 4.19. The number of nitrogens with zero attached hydrogens (tertiary/aromatic N) is 6. The van der Waals surface area contributed by atoms with Gasteiger partial charge >= 0.3 is 0 Å². The van der Waals surface area contributed by atoms with Gasteiger partial charge in [0.1, 0.15) is 17.2 Å². The zero-order valence-electron chi connectivity index (χ0n) is 44.9. The van der Waals surface area contributed by atoms with Crippen LogP contribution >= 0.6 is 0 Å². The predicted octanol–water partition coefficient (Wildman–Crippen LogP) is 17.5. The van der Waals surface area contributed by atoms with E-state index in [1.807, 2.05) is 32.6 Å². The molecule has 75 heavy (non-hydrogen) atoms. The van der Waals surface area contributed by atoms with Crippen LogP contribution in [0.2, 0.25) is 0 Å². The summed E-state index contributed by atoms with van der Waals surface area (Å²) in [5.74, 6) is 2.67. The number of unbranched alkanes of at least 4 members (excludes halogenated alkanes) is 9. The Morgan fingerprint density at radius 3 is 0.880 bits per heavy atom. The molecule has 0 aliphatic heterocycles. The first-order chi connectivity index (χ1) is 36.8. The SMILES string of the molecule is CCCCCCOc1ccc(-n2ncc3cc(-c4c(C)c(-c5ccc6c(cnn6-c6ccc(OCCCCCC)cc6)c5)c(C)c(-c5ccc6c(cnn6-c6ccc(OCCCCCC)cc6)c5)c4C)ccc32)cc1. The second-order valence-electron chi connectivity index (χ2n) is 20.2.